The van der Waals surface area contributed by atoms with Crippen LogP contribution in [0.3, 0.4) is 0 Å². The molecule has 0 spiro atoms. The van der Waals surface area contributed by atoms with E-state index in [1.54, 1.807) is 12.1 Å². The minimum Gasteiger partial charge on any atom is -0.468 e. The van der Waals surface area contributed by atoms with E-state index in [0.29, 0.717) is 6.42 Å². The summed E-state index contributed by atoms with van der Waals surface area (Å²) in [5.74, 6) is -0.580. The largest absolute Gasteiger partial charge is 0.468 e. The summed E-state index contributed by atoms with van der Waals surface area (Å²) in [5.41, 5.74) is 2.22. The number of carbonyl (C=O) groups excluding carboxylic acids is 1. The molecule has 21 heavy (non-hydrogen) atoms. The molecule has 1 saturated carbocycles. The first-order chi connectivity index (χ1) is 9.92. The van der Waals surface area contributed by atoms with Gasteiger partial charge in [-0.15, -0.1) is 0 Å². The zero-order valence-corrected chi connectivity index (χ0v) is 12.9. The second kappa shape index (κ2) is 6.41. The fourth-order valence-corrected chi connectivity index (χ4v) is 3.07. The van der Waals surface area contributed by atoms with E-state index < -0.39 is 22.0 Å². The van der Waals surface area contributed by atoms with Gasteiger partial charge in [0.2, 0.25) is 10.0 Å². The topological polar surface area (TPSA) is 72.5 Å². The van der Waals surface area contributed by atoms with Crippen molar-refractivity contribution in [3.05, 3.63) is 41.5 Å². The Bertz CT molecular complexity index is 641. The van der Waals surface area contributed by atoms with Crippen molar-refractivity contribution >= 4 is 16.0 Å². The zero-order valence-electron chi connectivity index (χ0n) is 12.1. The van der Waals surface area contributed by atoms with Crippen LogP contribution < -0.4 is 4.72 Å². The number of hydrogen-bond donors (Lipinski definition) is 1. The van der Waals surface area contributed by atoms with Gasteiger partial charge in [-0.2, -0.15) is 4.72 Å². The van der Waals surface area contributed by atoms with Crippen LogP contribution >= 0.6 is 0 Å². The van der Waals surface area contributed by atoms with Crippen LogP contribution in [-0.2, 0) is 19.6 Å². The Morgan fingerprint density at radius 3 is 2.48 bits per heavy atom. The van der Waals surface area contributed by atoms with Crippen LogP contribution in [0.2, 0.25) is 0 Å². The maximum Gasteiger partial charge on any atom is 0.324 e. The molecule has 1 N–H and O–H groups in total. The van der Waals surface area contributed by atoms with E-state index in [9.17, 15) is 13.2 Å². The first kappa shape index (κ1) is 15.7. The lowest BCUT2D eigenvalue weighted by Gasteiger charge is -2.15. The van der Waals surface area contributed by atoms with Crippen LogP contribution in [0.25, 0.3) is 0 Å². The van der Waals surface area contributed by atoms with Crippen molar-refractivity contribution in [2.45, 2.75) is 37.1 Å². The normalized spacial score (nSPS) is 15.4. The molecule has 0 amide bonds. The Hall–Kier alpha value is -1.66. The van der Waals surface area contributed by atoms with E-state index in [0.717, 1.165) is 18.4 Å². The molecule has 2 rings (SSSR count). The summed E-state index contributed by atoms with van der Waals surface area (Å²) >= 11 is 0. The number of nitrogens with one attached hydrogen (secondary N) is 1. The van der Waals surface area contributed by atoms with Crippen LogP contribution in [0.15, 0.2) is 40.8 Å². The van der Waals surface area contributed by atoms with Gasteiger partial charge in [0.25, 0.3) is 0 Å². The van der Waals surface area contributed by atoms with Crippen LogP contribution in [0.4, 0.5) is 0 Å². The Morgan fingerprint density at radius 1 is 1.33 bits per heavy atom. The number of methoxy groups -OCH3 is 1. The van der Waals surface area contributed by atoms with Gasteiger partial charge in [0.05, 0.1) is 12.0 Å². The van der Waals surface area contributed by atoms with Gasteiger partial charge < -0.3 is 4.74 Å². The average molecular weight is 309 g/mol. The molecule has 1 unspecified atom stereocenters. The average Bonchev–Trinajstić information content (AvgIpc) is 3.27. The molecule has 0 bridgehead atoms. The molecule has 1 aromatic carbocycles. The van der Waals surface area contributed by atoms with Gasteiger partial charge in [-0.1, -0.05) is 29.3 Å². The quantitative estimate of drug-likeness (QED) is 0.644. The number of ether oxygens (including phenoxy) is 1. The number of esters is 1. The first-order valence-electron chi connectivity index (χ1n) is 6.77. The molecule has 1 fully saturated rings. The molecule has 0 heterocycles. The molecular weight excluding hydrogens is 290 g/mol. The summed E-state index contributed by atoms with van der Waals surface area (Å²) in [6.07, 6.45) is 4.27. The molecule has 5 nitrogen and oxygen atoms in total. The van der Waals surface area contributed by atoms with E-state index in [2.05, 4.69) is 9.46 Å². The summed E-state index contributed by atoms with van der Waals surface area (Å²) in [4.78, 5) is 11.9. The van der Waals surface area contributed by atoms with Crippen molar-refractivity contribution in [2.75, 3.05) is 7.11 Å². The second-order valence-electron chi connectivity index (χ2n) is 5.11. The second-order valence-corrected chi connectivity index (χ2v) is 6.82. The molecule has 114 valence electrons. The van der Waals surface area contributed by atoms with Crippen LogP contribution in [-0.4, -0.2) is 27.5 Å². The number of aryl methyl sites for hydroxylation is 1. The third-order valence-corrected chi connectivity index (χ3v) is 4.78. The van der Waals surface area contributed by atoms with Gasteiger partial charge in [0.15, 0.2) is 0 Å². The summed E-state index contributed by atoms with van der Waals surface area (Å²) in [7, 11) is -2.49. The molecule has 1 aliphatic carbocycles. The number of carbonyl (C=O) groups is 1. The zero-order chi connectivity index (χ0) is 15.5. The van der Waals surface area contributed by atoms with Crippen LogP contribution in [0.5, 0.6) is 0 Å². The number of allylic oxidation sites excluding steroid dienone is 1. The number of hydrogen-bond acceptors (Lipinski definition) is 4. The molecule has 0 aromatic heterocycles. The van der Waals surface area contributed by atoms with Crippen molar-refractivity contribution < 1.29 is 17.9 Å². The van der Waals surface area contributed by atoms with Crippen molar-refractivity contribution in [1.82, 2.24) is 4.72 Å². The lowest BCUT2D eigenvalue weighted by atomic mass is 10.2. The van der Waals surface area contributed by atoms with E-state index >= 15 is 0 Å². The monoisotopic (exact) mass is 309 g/mol. The Balaban J connectivity index is 2.15. The van der Waals surface area contributed by atoms with Crippen LogP contribution in [0.1, 0.15) is 24.8 Å². The first-order valence-corrected chi connectivity index (χ1v) is 8.25. The highest BCUT2D eigenvalue weighted by molar-refractivity contribution is 7.89. The Labute approximate surface area is 125 Å². The van der Waals surface area contributed by atoms with E-state index in [1.807, 2.05) is 13.0 Å². The SMILES string of the molecule is COC(=O)C(CC=C1CC1)NS(=O)(=O)c1ccc(C)cc1. The van der Waals surface area contributed by atoms with Gasteiger partial charge in [0.1, 0.15) is 6.04 Å². The van der Waals surface area contributed by atoms with E-state index in [4.69, 9.17) is 0 Å². The predicted molar refractivity (Wildman–Crippen MR) is 79.2 cm³/mol. The standard InChI is InChI=1S/C15H19NO4S/c1-11-3-8-13(9-4-11)21(18,19)16-14(15(17)20-2)10-7-12-5-6-12/h3-4,7-9,14,16H,5-6,10H2,1-2H3. The number of benzene rings is 1. The van der Waals surface area contributed by atoms with Gasteiger partial charge in [-0.05, 0) is 38.3 Å². The van der Waals surface area contributed by atoms with Crippen molar-refractivity contribution in [2.24, 2.45) is 0 Å². The predicted octanol–water partition coefficient (Wildman–Crippen LogP) is 1.93. The fourth-order valence-electron chi connectivity index (χ4n) is 1.87. The smallest absolute Gasteiger partial charge is 0.324 e. The third kappa shape index (κ3) is 4.41. The maximum atomic E-state index is 12.3. The van der Waals surface area contributed by atoms with Crippen molar-refractivity contribution in [3.8, 4) is 0 Å². The summed E-state index contributed by atoms with van der Waals surface area (Å²) in [6, 6.07) is 5.58. The molecule has 6 heteroatoms. The Morgan fingerprint density at radius 2 is 1.95 bits per heavy atom. The number of sulfonamides is 1. The van der Waals surface area contributed by atoms with E-state index in [-0.39, 0.29) is 4.90 Å². The van der Waals surface area contributed by atoms with Crippen molar-refractivity contribution in [3.63, 3.8) is 0 Å². The van der Waals surface area contributed by atoms with E-state index in [1.165, 1.54) is 24.8 Å². The van der Waals surface area contributed by atoms with Crippen molar-refractivity contribution in [1.29, 1.82) is 0 Å². The summed E-state index contributed by atoms with van der Waals surface area (Å²) in [6.45, 7) is 1.88. The Kier molecular flexibility index (Phi) is 4.80. The maximum absolute atomic E-state index is 12.3. The molecule has 1 aromatic rings. The highest BCUT2D eigenvalue weighted by atomic mass is 32.2. The molecule has 0 saturated heterocycles. The minimum absolute atomic E-state index is 0.140. The van der Waals surface area contributed by atoms with Gasteiger partial charge in [-0.3, -0.25) is 4.79 Å². The highest BCUT2D eigenvalue weighted by Crippen LogP contribution is 2.28. The summed E-state index contributed by atoms with van der Waals surface area (Å²) < 4.78 is 31.7. The van der Waals surface area contributed by atoms with Gasteiger partial charge in [-0.25, -0.2) is 8.42 Å². The van der Waals surface area contributed by atoms with Gasteiger partial charge in [0, 0.05) is 0 Å². The fraction of sp³-hybridized carbons (Fsp3) is 0.400. The highest BCUT2D eigenvalue weighted by Gasteiger charge is 2.26. The molecular formula is C15H19NO4S. The lowest BCUT2D eigenvalue weighted by Crippen LogP contribution is -2.41. The molecule has 0 radical (unpaired) electrons. The molecule has 1 aliphatic rings. The summed E-state index contributed by atoms with van der Waals surface area (Å²) in [5, 5.41) is 0. The minimum atomic E-state index is -3.74. The lowest BCUT2D eigenvalue weighted by molar-refractivity contribution is -0.142. The van der Waals surface area contributed by atoms with Crippen LogP contribution in [0, 0.1) is 6.92 Å². The third-order valence-electron chi connectivity index (χ3n) is 3.30. The van der Waals surface area contributed by atoms with Gasteiger partial charge >= 0.3 is 5.97 Å². The molecule has 0 aliphatic heterocycles. The molecule has 1 atom stereocenters. The number of rotatable bonds is 6.